The molecule has 8 heteroatoms. The van der Waals surface area contributed by atoms with E-state index in [9.17, 15) is 4.79 Å². The Morgan fingerprint density at radius 2 is 1.94 bits per heavy atom. The van der Waals surface area contributed by atoms with Crippen LogP contribution < -0.4 is 9.64 Å². The van der Waals surface area contributed by atoms with E-state index in [4.69, 9.17) is 14.8 Å². The Morgan fingerprint density at radius 1 is 1.12 bits per heavy atom. The van der Waals surface area contributed by atoms with Crippen LogP contribution in [0.5, 0.6) is 5.75 Å². The molecule has 2 aromatic heterocycles. The molecule has 0 radical (unpaired) electrons. The lowest BCUT2D eigenvalue weighted by Gasteiger charge is -2.25. The minimum atomic E-state index is -0.103. The Balaban J connectivity index is 1.48. The molecule has 2 aliphatic rings. The first-order chi connectivity index (χ1) is 16.2. The first-order valence-corrected chi connectivity index (χ1v) is 11.8. The van der Waals surface area contributed by atoms with Crippen LogP contribution in [0.15, 0.2) is 42.7 Å². The van der Waals surface area contributed by atoms with Gasteiger partial charge in [-0.2, -0.15) is 5.10 Å². The topological polar surface area (TPSA) is 76.4 Å². The monoisotopic (exact) mass is 446 g/mol. The van der Waals surface area contributed by atoms with Crippen molar-refractivity contribution >= 4 is 11.9 Å². The number of para-hydroxylation sites is 1. The highest BCUT2D eigenvalue weighted by molar-refractivity contribution is 5.97. The van der Waals surface area contributed by atoms with Crippen LogP contribution in [0.25, 0.3) is 11.3 Å². The molecule has 33 heavy (non-hydrogen) atoms. The van der Waals surface area contributed by atoms with Crippen molar-refractivity contribution in [3.8, 4) is 17.0 Å². The SMILES string of the molecule is CCOc1ccccc1C(=O)N1CCC[C@@H]1c1nn(C)cc1-c1ccnc(N2CCCC2)n1. The van der Waals surface area contributed by atoms with Gasteiger partial charge in [-0.15, -0.1) is 0 Å². The van der Waals surface area contributed by atoms with Gasteiger partial charge in [0.2, 0.25) is 5.95 Å². The molecule has 5 rings (SSSR count). The van der Waals surface area contributed by atoms with E-state index in [-0.39, 0.29) is 11.9 Å². The van der Waals surface area contributed by atoms with Crippen LogP contribution in [0.4, 0.5) is 5.95 Å². The van der Waals surface area contributed by atoms with Gasteiger partial charge in [-0.25, -0.2) is 9.97 Å². The van der Waals surface area contributed by atoms with Gasteiger partial charge in [-0.1, -0.05) is 12.1 Å². The molecule has 0 saturated carbocycles. The first kappa shape index (κ1) is 21.4. The van der Waals surface area contributed by atoms with Gasteiger partial charge in [-0.3, -0.25) is 9.48 Å². The molecule has 0 unspecified atom stereocenters. The molecule has 2 saturated heterocycles. The van der Waals surface area contributed by atoms with Crippen molar-refractivity contribution in [3.63, 3.8) is 0 Å². The maximum absolute atomic E-state index is 13.6. The van der Waals surface area contributed by atoms with Crippen molar-refractivity contribution in [2.24, 2.45) is 7.05 Å². The van der Waals surface area contributed by atoms with Crippen molar-refractivity contribution in [2.45, 2.75) is 38.6 Å². The molecule has 1 amide bonds. The third kappa shape index (κ3) is 4.17. The van der Waals surface area contributed by atoms with Gasteiger partial charge in [0, 0.05) is 44.6 Å². The van der Waals surface area contributed by atoms with Crippen molar-refractivity contribution < 1.29 is 9.53 Å². The molecular formula is C25H30N6O2. The number of anilines is 1. The molecule has 172 valence electrons. The van der Waals surface area contributed by atoms with Crippen molar-refractivity contribution in [3.05, 3.63) is 54.0 Å². The fourth-order valence-corrected chi connectivity index (χ4v) is 4.89. The third-order valence-electron chi connectivity index (χ3n) is 6.41. The standard InChI is InChI=1S/C25H30N6O2/c1-3-33-22-11-5-4-9-18(22)24(32)31-16-8-10-21(31)23-19(17-29(2)28-23)20-12-13-26-25(27-20)30-14-6-7-15-30/h4-5,9,11-13,17,21H,3,6-8,10,14-16H2,1-2H3/t21-/m1/s1. The minimum absolute atomic E-state index is 0.0152. The van der Waals surface area contributed by atoms with Crippen LogP contribution in [0.1, 0.15) is 54.7 Å². The molecule has 8 nitrogen and oxygen atoms in total. The van der Waals surface area contributed by atoms with Crippen LogP contribution in [0.2, 0.25) is 0 Å². The molecule has 1 atom stereocenters. The Morgan fingerprint density at radius 3 is 2.76 bits per heavy atom. The van der Waals surface area contributed by atoms with E-state index in [1.165, 1.54) is 12.8 Å². The fraction of sp³-hybridized carbons (Fsp3) is 0.440. The van der Waals surface area contributed by atoms with Crippen LogP contribution in [-0.4, -0.2) is 56.8 Å². The van der Waals surface area contributed by atoms with Crippen molar-refractivity contribution in [2.75, 3.05) is 31.1 Å². The highest BCUT2D eigenvalue weighted by Gasteiger charge is 2.35. The first-order valence-electron chi connectivity index (χ1n) is 11.8. The van der Waals surface area contributed by atoms with Gasteiger partial charge >= 0.3 is 0 Å². The van der Waals surface area contributed by atoms with Crippen LogP contribution in [-0.2, 0) is 7.05 Å². The number of aryl methyl sites for hydroxylation is 1. The normalized spacial score (nSPS) is 18.2. The second-order valence-electron chi connectivity index (χ2n) is 8.62. The molecule has 0 bridgehead atoms. The lowest BCUT2D eigenvalue weighted by atomic mass is 10.0. The summed E-state index contributed by atoms with van der Waals surface area (Å²) in [7, 11) is 1.92. The van der Waals surface area contributed by atoms with E-state index >= 15 is 0 Å². The van der Waals surface area contributed by atoms with Gasteiger partial charge in [0.05, 0.1) is 29.6 Å². The van der Waals surface area contributed by atoms with Crippen LogP contribution in [0, 0.1) is 0 Å². The van der Waals surface area contributed by atoms with Crippen LogP contribution >= 0.6 is 0 Å². The van der Waals surface area contributed by atoms with E-state index in [0.717, 1.165) is 48.8 Å². The smallest absolute Gasteiger partial charge is 0.258 e. The lowest BCUT2D eigenvalue weighted by Crippen LogP contribution is -2.31. The highest BCUT2D eigenvalue weighted by atomic mass is 16.5. The summed E-state index contributed by atoms with van der Waals surface area (Å²) in [5.74, 6) is 1.38. The molecule has 2 aliphatic heterocycles. The quantitative estimate of drug-likeness (QED) is 0.572. The predicted octanol–water partition coefficient (Wildman–Crippen LogP) is 3.85. The predicted molar refractivity (Wildman–Crippen MR) is 126 cm³/mol. The summed E-state index contributed by atoms with van der Waals surface area (Å²) in [6, 6.07) is 9.31. The summed E-state index contributed by atoms with van der Waals surface area (Å²) >= 11 is 0. The highest BCUT2D eigenvalue weighted by Crippen LogP contribution is 2.38. The Bertz CT molecular complexity index is 1140. The molecule has 0 N–H and O–H groups in total. The zero-order valence-corrected chi connectivity index (χ0v) is 19.3. The zero-order chi connectivity index (χ0) is 22.8. The summed E-state index contributed by atoms with van der Waals surface area (Å²) in [6.07, 6.45) is 7.98. The maximum atomic E-state index is 13.6. The fourth-order valence-electron chi connectivity index (χ4n) is 4.89. The summed E-state index contributed by atoms with van der Waals surface area (Å²) < 4.78 is 7.55. The second kappa shape index (κ2) is 9.21. The summed E-state index contributed by atoms with van der Waals surface area (Å²) in [5, 5.41) is 4.80. The van der Waals surface area contributed by atoms with E-state index in [1.807, 2.05) is 66.3 Å². The average Bonchev–Trinajstić information content (AvgIpc) is 3.60. The number of nitrogens with zero attached hydrogens (tertiary/aromatic N) is 6. The largest absolute Gasteiger partial charge is 0.493 e. The van der Waals surface area contributed by atoms with Gasteiger partial charge in [0.25, 0.3) is 5.91 Å². The van der Waals surface area contributed by atoms with Gasteiger partial charge in [0.15, 0.2) is 0 Å². The molecular weight excluding hydrogens is 416 g/mol. The third-order valence-corrected chi connectivity index (χ3v) is 6.41. The van der Waals surface area contributed by atoms with E-state index in [0.29, 0.717) is 24.5 Å². The molecule has 1 aromatic carbocycles. The number of hydrogen-bond acceptors (Lipinski definition) is 6. The number of benzene rings is 1. The number of carbonyl (C=O) groups excluding carboxylic acids is 1. The Labute approximate surface area is 194 Å². The molecule has 3 aromatic rings. The number of hydrogen-bond donors (Lipinski definition) is 0. The Kier molecular flexibility index (Phi) is 5.98. The van der Waals surface area contributed by atoms with Crippen molar-refractivity contribution in [1.29, 1.82) is 0 Å². The van der Waals surface area contributed by atoms with E-state index in [1.54, 1.807) is 0 Å². The van der Waals surface area contributed by atoms with Gasteiger partial charge in [-0.05, 0) is 50.8 Å². The summed E-state index contributed by atoms with van der Waals surface area (Å²) in [4.78, 5) is 27.1. The number of amides is 1. The number of likely N-dealkylation sites (tertiary alicyclic amines) is 1. The number of rotatable bonds is 6. The summed E-state index contributed by atoms with van der Waals surface area (Å²) in [5.41, 5.74) is 3.30. The average molecular weight is 447 g/mol. The second-order valence-corrected chi connectivity index (χ2v) is 8.62. The number of carbonyl (C=O) groups is 1. The summed E-state index contributed by atoms with van der Waals surface area (Å²) in [6.45, 7) is 5.13. The zero-order valence-electron chi connectivity index (χ0n) is 19.3. The number of ether oxygens (including phenoxy) is 1. The minimum Gasteiger partial charge on any atom is -0.493 e. The Hall–Kier alpha value is -3.42. The lowest BCUT2D eigenvalue weighted by molar-refractivity contribution is 0.0728. The number of aromatic nitrogens is 4. The van der Waals surface area contributed by atoms with Gasteiger partial charge < -0.3 is 14.5 Å². The van der Waals surface area contributed by atoms with Crippen molar-refractivity contribution in [1.82, 2.24) is 24.6 Å². The molecule has 4 heterocycles. The van der Waals surface area contributed by atoms with Gasteiger partial charge in [0.1, 0.15) is 5.75 Å². The van der Waals surface area contributed by atoms with E-state index < -0.39 is 0 Å². The molecule has 0 aliphatic carbocycles. The molecule has 0 spiro atoms. The van der Waals surface area contributed by atoms with E-state index in [2.05, 4.69) is 9.88 Å². The molecule has 2 fully saturated rings. The van der Waals surface area contributed by atoms with Crippen LogP contribution in [0.3, 0.4) is 0 Å². The maximum Gasteiger partial charge on any atom is 0.258 e.